The zero-order valence-electron chi connectivity index (χ0n) is 14.3. The normalized spacial score (nSPS) is 14.1. The van der Waals surface area contributed by atoms with Crippen molar-refractivity contribution in [2.75, 3.05) is 13.7 Å². The van der Waals surface area contributed by atoms with Gasteiger partial charge in [0.05, 0.1) is 12.0 Å². The molecule has 2 aromatic carbocycles. The molecule has 0 saturated heterocycles. The minimum Gasteiger partial charge on any atom is -0.375 e. The summed E-state index contributed by atoms with van der Waals surface area (Å²) in [6, 6.07) is 15.2. The zero-order valence-corrected chi connectivity index (χ0v) is 15.1. The van der Waals surface area contributed by atoms with Crippen LogP contribution in [0.3, 0.4) is 0 Å². The van der Waals surface area contributed by atoms with Crippen LogP contribution in [0.5, 0.6) is 0 Å². The lowest BCUT2D eigenvalue weighted by Crippen LogP contribution is -2.37. The number of rotatable bonds is 7. The summed E-state index contributed by atoms with van der Waals surface area (Å²) >= 11 is 0. The Balaban J connectivity index is 0.00000312. The molecule has 1 amide bonds. The minimum atomic E-state index is -0.377. The summed E-state index contributed by atoms with van der Waals surface area (Å²) in [5, 5.41) is 2.86. The molecule has 0 radical (unpaired) electrons. The van der Waals surface area contributed by atoms with Crippen LogP contribution in [0.1, 0.15) is 30.2 Å². The lowest BCUT2D eigenvalue weighted by molar-refractivity contribution is -0.125. The molecule has 6 heteroatoms. The number of halogens is 2. The maximum atomic E-state index is 13.0. The Hall–Kier alpha value is -1.95. The third-order valence-electron chi connectivity index (χ3n) is 4.12. The van der Waals surface area contributed by atoms with E-state index in [1.165, 1.54) is 12.1 Å². The fourth-order valence-electron chi connectivity index (χ4n) is 2.50. The van der Waals surface area contributed by atoms with E-state index in [-0.39, 0.29) is 42.2 Å². The van der Waals surface area contributed by atoms with Crippen molar-refractivity contribution in [2.45, 2.75) is 19.1 Å². The first-order chi connectivity index (χ1) is 11.5. The molecule has 4 nitrogen and oxygen atoms in total. The SMILES string of the molecule is COC(CNC(=O)C(C)C(N)c1ccccc1)c1ccc(F)cc1.Cl. The van der Waals surface area contributed by atoms with Gasteiger partial charge in [0.15, 0.2) is 0 Å². The molecule has 0 saturated carbocycles. The van der Waals surface area contributed by atoms with E-state index in [9.17, 15) is 9.18 Å². The van der Waals surface area contributed by atoms with Gasteiger partial charge < -0.3 is 15.8 Å². The highest BCUT2D eigenvalue weighted by molar-refractivity contribution is 5.85. The number of hydrogen-bond donors (Lipinski definition) is 2. The number of carbonyl (C=O) groups excluding carboxylic acids is 1. The molecule has 3 atom stereocenters. The molecule has 3 unspecified atom stereocenters. The average Bonchev–Trinajstić information content (AvgIpc) is 2.62. The van der Waals surface area contributed by atoms with Crippen LogP contribution in [0, 0.1) is 11.7 Å². The maximum absolute atomic E-state index is 13.0. The van der Waals surface area contributed by atoms with E-state index < -0.39 is 0 Å². The fourth-order valence-corrected chi connectivity index (χ4v) is 2.50. The van der Waals surface area contributed by atoms with E-state index in [0.717, 1.165) is 11.1 Å². The number of amides is 1. The monoisotopic (exact) mass is 366 g/mol. The summed E-state index contributed by atoms with van der Waals surface area (Å²) < 4.78 is 18.4. The summed E-state index contributed by atoms with van der Waals surface area (Å²) in [6.07, 6.45) is -0.338. The summed E-state index contributed by atoms with van der Waals surface area (Å²) in [7, 11) is 1.55. The molecule has 3 N–H and O–H groups in total. The molecule has 0 heterocycles. The predicted octanol–water partition coefficient (Wildman–Crippen LogP) is 3.39. The topological polar surface area (TPSA) is 64.3 Å². The molecular formula is C19H24ClFN2O2. The van der Waals surface area contributed by atoms with Crippen LogP contribution in [0.2, 0.25) is 0 Å². The van der Waals surface area contributed by atoms with Crippen LogP contribution in [0.25, 0.3) is 0 Å². The van der Waals surface area contributed by atoms with E-state index in [4.69, 9.17) is 10.5 Å². The van der Waals surface area contributed by atoms with Crippen LogP contribution in [-0.4, -0.2) is 19.6 Å². The molecule has 0 aromatic heterocycles. The third-order valence-corrected chi connectivity index (χ3v) is 4.12. The Morgan fingerprint density at radius 3 is 2.28 bits per heavy atom. The summed E-state index contributed by atoms with van der Waals surface area (Å²) in [4.78, 5) is 12.4. The largest absolute Gasteiger partial charge is 0.375 e. The van der Waals surface area contributed by atoms with E-state index in [1.54, 1.807) is 26.2 Å². The van der Waals surface area contributed by atoms with Crippen molar-refractivity contribution in [3.8, 4) is 0 Å². The second-order valence-electron chi connectivity index (χ2n) is 5.75. The van der Waals surface area contributed by atoms with Crippen LogP contribution in [0.4, 0.5) is 4.39 Å². The van der Waals surface area contributed by atoms with Crippen molar-refractivity contribution in [3.63, 3.8) is 0 Å². The van der Waals surface area contributed by atoms with Gasteiger partial charge in [0.25, 0.3) is 0 Å². The highest BCUT2D eigenvalue weighted by atomic mass is 35.5. The van der Waals surface area contributed by atoms with Gasteiger partial charge in [0.2, 0.25) is 5.91 Å². The standard InChI is InChI=1S/C19H23FN2O2.ClH/c1-13(18(21)15-6-4-3-5-7-15)19(23)22-12-17(24-2)14-8-10-16(20)11-9-14;/h3-11,13,17-18H,12,21H2,1-2H3,(H,22,23);1H. The Bertz CT molecular complexity index is 652. The summed E-state index contributed by atoms with van der Waals surface area (Å²) in [5.74, 6) is -0.825. The maximum Gasteiger partial charge on any atom is 0.224 e. The number of hydrogen-bond acceptors (Lipinski definition) is 3. The predicted molar refractivity (Wildman–Crippen MR) is 98.9 cm³/mol. The summed E-state index contributed by atoms with van der Waals surface area (Å²) in [6.45, 7) is 2.10. The van der Waals surface area contributed by atoms with Crippen molar-refractivity contribution in [1.29, 1.82) is 0 Å². The molecular weight excluding hydrogens is 343 g/mol. The quantitative estimate of drug-likeness (QED) is 0.789. The molecule has 2 aromatic rings. The number of nitrogens with one attached hydrogen (secondary N) is 1. The number of ether oxygens (including phenoxy) is 1. The van der Waals surface area contributed by atoms with E-state index >= 15 is 0 Å². The van der Waals surface area contributed by atoms with E-state index in [1.807, 2.05) is 30.3 Å². The molecule has 0 aliphatic heterocycles. The number of methoxy groups -OCH3 is 1. The molecule has 0 bridgehead atoms. The molecule has 25 heavy (non-hydrogen) atoms. The highest BCUT2D eigenvalue weighted by Crippen LogP contribution is 2.20. The van der Waals surface area contributed by atoms with Crippen LogP contribution >= 0.6 is 12.4 Å². The van der Waals surface area contributed by atoms with Gasteiger partial charge in [0, 0.05) is 19.7 Å². The van der Waals surface area contributed by atoms with Crippen LogP contribution in [0.15, 0.2) is 54.6 Å². The van der Waals surface area contributed by atoms with Gasteiger partial charge >= 0.3 is 0 Å². The molecule has 136 valence electrons. The van der Waals surface area contributed by atoms with E-state index in [2.05, 4.69) is 5.32 Å². The lowest BCUT2D eigenvalue weighted by Gasteiger charge is -2.22. The first kappa shape index (κ1) is 21.1. The number of benzene rings is 2. The molecule has 0 spiro atoms. The van der Waals surface area contributed by atoms with Crippen LogP contribution in [-0.2, 0) is 9.53 Å². The second-order valence-corrected chi connectivity index (χ2v) is 5.75. The first-order valence-corrected chi connectivity index (χ1v) is 7.89. The van der Waals surface area contributed by atoms with Crippen molar-refractivity contribution in [3.05, 3.63) is 71.5 Å². The third kappa shape index (κ3) is 5.81. The molecule has 0 aliphatic carbocycles. The van der Waals surface area contributed by atoms with Gasteiger partial charge in [-0.2, -0.15) is 0 Å². The Morgan fingerprint density at radius 2 is 1.72 bits per heavy atom. The van der Waals surface area contributed by atoms with Gasteiger partial charge in [-0.25, -0.2) is 4.39 Å². The van der Waals surface area contributed by atoms with Gasteiger partial charge in [-0.3, -0.25) is 4.79 Å². The van der Waals surface area contributed by atoms with Crippen molar-refractivity contribution in [2.24, 2.45) is 11.7 Å². The molecule has 0 aliphatic rings. The van der Waals surface area contributed by atoms with Gasteiger partial charge in [0.1, 0.15) is 5.82 Å². The van der Waals surface area contributed by atoms with Gasteiger partial charge in [-0.1, -0.05) is 49.4 Å². The molecule has 0 fully saturated rings. The fraction of sp³-hybridized carbons (Fsp3) is 0.316. The smallest absolute Gasteiger partial charge is 0.224 e. The first-order valence-electron chi connectivity index (χ1n) is 7.89. The van der Waals surface area contributed by atoms with Crippen LogP contribution < -0.4 is 11.1 Å². The Labute approximate surface area is 154 Å². The number of carbonyl (C=O) groups is 1. The number of nitrogens with two attached hydrogens (primary N) is 1. The van der Waals surface area contributed by atoms with Gasteiger partial charge in [-0.15, -0.1) is 12.4 Å². The average molecular weight is 367 g/mol. The zero-order chi connectivity index (χ0) is 17.5. The van der Waals surface area contributed by atoms with E-state index in [0.29, 0.717) is 6.54 Å². The second kappa shape index (κ2) is 10.1. The van der Waals surface area contributed by atoms with Gasteiger partial charge in [-0.05, 0) is 23.3 Å². The summed E-state index contributed by atoms with van der Waals surface area (Å²) in [5.41, 5.74) is 7.90. The molecule has 2 rings (SSSR count). The minimum absolute atomic E-state index is 0. The van der Waals surface area contributed by atoms with Crippen molar-refractivity contribution < 1.29 is 13.9 Å². The Kier molecular flexibility index (Phi) is 8.55. The lowest BCUT2D eigenvalue weighted by atomic mass is 9.94. The van der Waals surface area contributed by atoms with Crippen molar-refractivity contribution in [1.82, 2.24) is 5.32 Å². The highest BCUT2D eigenvalue weighted by Gasteiger charge is 2.23. The van der Waals surface area contributed by atoms with Crippen molar-refractivity contribution >= 4 is 18.3 Å². The Morgan fingerprint density at radius 1 is 1.12 bits per heavy atom.